The molecule has 1 aliphatic rings. The maximum absolute atomic E-state index is 14.4. The van der Waals surface area contributed by atoms with Gasteiger partial charge in [-0.15, -0.1) is 0 Å². The Morgan fingerprint density at radius 1 is 1.00 bits per heavy atom. The van der Waals surface area contributed by atoms with Gasteiger partial charge in [-0.25, -0.2) is 8.78 Å². The number of aliphatic hydroxyl groups excluding tert-OH is 4. The van der Waals surface area contributed by atoms with Gasteiger partial charge in [-0.05, 0) is 35.2 Å². The highest BCUT2D eigenvalue weighted by atomic mass is 35.5. The zero-order valence-corrected chi connectivity index (χ0v) is 16.9. The fraction of sp³-hybridized carbons (Fsp3) is 0.429. The average Bonchev–Trinajstić information content (AvgIpc) is 2.74. The SMILES string of the molecule is CCc1ccc(Cc2cc([C@]3(O)O[C@H](CO)[C@@H](O)[C@H](O)[C@H]3O)ccc2Cl)c(F)c1F. The Balaban J connectivity index is 1.99. The summed E-state index contributed by atoms with van der Waals surface area (Å²) in [7, 11) is 0. The largest absolute Gasteiger partial charge is 0.394 e. The molecular weight excluding hydrogens is 422 g/mol. The van der Waals surface area contributed by atoms with Crippen molar-refractivity contribution in [1.82, 2.24) is 0 Å². The first-order valence-corrected chi connectivity index (χ1v) is 9.81. The minimum Gasteiger partial charge on any atom is -0.394 e. The van der Waals surface area contributed by atoms with Crippen LogP contribution in [0.3, 0.4) is 0 Å². The molecule has 0 amide bonds. The summed E-state index contributed by atoms with van der Waals surface area (Å²) in [6, 6.07) is 6.96. The molecule has 1 fully saturated rings. The Morgan fingerprint density at radius 2 is 1.63 bits per heavy atom. The van der Waals surface area contributed by atoms with Crippen LogP contribution in [0, 0.1) is 11.6 Å². The normalized spacial score (nSPS) is 29.2. The zero-order valence-electron chi connectivity index (χ0n) is 16.1. The van der Waals surface area contributed by atoms with Gasteiger partial charge in [0.15, 0.2) is 11.6 Å². The number of rotatable bonds is 5. The van der Waals surface area contributed by atoms with Gasteiger partial charge >= 0.3 is 0 Å². The van der Waals surface area contributed by atoms with Crippen molar-refractivity contribution >= 4 is 11.6 Å². The molecule has 6 nitrogen and oxygen atoms in total. The van der Waals surface area contributed by atoms with Crippen LogP contribution >= 0.6 is 11.6 Å². The molecule has 0 aromatic heterocycles. The Hall–Kier alpha value is -1.65. The molecule has 1 aliphatic heterocycles. The lowest BCUT2D eigenvalue weighted by atomic mass is 9.87. The molecule has 0 radical (unpaired) electrons. The van der Waals surface area contributed by atoms with Crippen molar-refractivity contribution in [2.75, 3.05) is 6.61 Å². The van der Waals surface area contributed by atoms with E-state index in [1.165, 1.54) is 30.3 Å². The topological polar surface area (TPSA) is 110 Å². The fourth-order valence-corrected chi connectivity index (χ4v) is 3.75. The van der Waals surface area contributed by atoms with Gasteiger partial charge in [-0.2, -0.15) is 0 Å². The van der Waals surface area contributed by atoms with Crippen LogP contribution < -0.4 is 0 Å². The van der Waals surface area contributed by atoms with E-state index < -0.39 is 48.4 Å². The summed E-state index contributed by atoms with van der Waals surface area (Å²) in [4.78, 5) is 0. The number of halogens is 3. The predicted octanol–water partition coefficient (Wildman–Crippen LogP) is 1.39. The van der Waals surface area contributed by atoms with E-state index in [2.05, 4.69) is 0 Å². The van der Waals surface area contributed by atoms with Crippen molar-refractivity contribution < 1.29 is 39.1 Å². The van der Waals surface area contributed by atoms with Crippen LogP contribution in [-0.4, -0.2) is 56.6 Å². The number of hydrogen-bond donors (Lipinski definition) is 5. The van der Waals surface area contributed by atoms with Crippen molar-refractivity contribution in [3.8, 4) is 0 Å². The van der Waals surface area contributed by atoms with Crippen LogP contribution in [0.15, 0.2) is 30.3 Å². The van der Waals surface area contributed by atoms with Crippen LogP contribution in [0.25, 0.3) is 0 Å². The van der Waals surface area contributed by atoms with Crippen LogP contribution in [-0.2, 0) is 23.4 Å². The lowest BCUT2D eigenvalue weighted by Gasteiger charge is -2.45. The van der Waals surface area contributed by atoms with Crippen molar-refractivity contribution in [2.24, 2.45) is 0 Å². The molecule has 2 aromatic rings. The number of aliphatic hydroxyl groups is 5. The molecule has 0 aliphatic carbocycles. The Labute approximate surface area is 176 Å². The third kappa shape index (κ3) is 3.97. The first-order valence-electron chi connectivity index (χ1n) is 9.43. The summed E-state index contributed by atoms with van der Waals surface area (Å²) in [6.45, 7) is 0.987. The molecular formula is C21H23ClF2O6. The van der Waals surface area contributed by atoms with E-state index in [0.717, 1.165) is 0 Å². The second-order valence-corrected chi connectivity index (χ2v) is 7.72. The summed E-state index contributed by atoms with van der Waals surface area (Å²) >= 11 is 6.19. The molecule has 5 N–H and O–H groups in total. The second-order valence-electron chi connectivity index (χ2n) is 7.31. The maximum atomic E-state index is 14.4. The zero-order chi connectivity index (χ0) is 22.2. The first kappa shape index (κ1) is 23.0. The molecule has 2 aromatic carbocycles. The van der Waals surface area contributed by atoms with E-state index in [1.54, 1.807) is 6.92 Å². The van der Waals surface area contributed by atoms with Crippen LogP contribution in [0.4, 0.5) is 8.78 Å². The third-order valence-corrected chi connectivity index (χ3v) is 5.80. The fourth-order valence-electron chi connectivity index (χ4n) is 3.57. The van der Waals surface area contributed by atoms with Crippen LogP contribution in [0.5, 0.6) is 0 Å². The summed E-state index contributed by atoms with van der Waals surface area (Å²) in [5, 5.41) is 50.7. The van der Waals surface area contributed by atoms with Crippen molar-refractivity contribution in [1.29, 1.82) is 0 Å². The number of ether oxygens (including phenoxy) is 1. The Morgan fingerprint density at radius 3 is 2.27 bits per heavy atom. The number of benzene rings is 2. The minimum atomic E-state index is -2.47. The van der Waals surface area contributed by atoms with E-state index in [-0.39, 0.29) is 28.1 Å². The van der Waals surface area contributed by atoms with Gasteiger partial charge in [-0.3, -0.25) is 0 Å². The number of hydrogen-bond acceptors (Lipinski definition) is 6. The molecule has 0 unspecified atom stereocenters. The monoisotopic (exact) mass is 444 g/mol. The smallest absolute Gasteiger partial charge is 0.222 e. The molecule has 9 heteroatoms. The molecule has 0 bridgehead atoms. The molecule has 1 heterocycles. The lowest BCUT2D eigenvalue weighted by molar-refractivity contribution is -0.357. The van der Waals surface area contributed by atoms with Gasteiger partial charge < -0.3 is 30.3 Å². The minimum absolute atomic E-state index is 0.0372. The molecule has 0 saturated carbocycles. The Bertz CT molecular complexity index is 925. The number of aryl methyl sites for hydroxylation is 1. The molecule has 1 saturated heterocycles. The predicted molar refractivity (Wildman–Crippen MR) is 104 cm³/mol. The molecule has 0 spiro atoms. The van der Waals surface area contributed by atoms with Crippen molar-refractivity contribution in [3.05, 3.63) is 69.2 Å². The van der Waals surface area contributed by atoms with Crippen molar-refractivity contribution in [2.45, 2.75) is 50.0 Å². The third-order valence-electron chi connectivity index (χ3n) is 5.43. The highest BCUT2D eigenvalue weighted by Gasteiger charge is 2.53. The highest BCUT2D eigenvalue weighted by molar-refractivity contribution is 6.31. The molecule has 3 rings (SSSR count). The van der Waals surface area contributed by atoms with E-state index in [1.807, 2.05) is 0 Å². The second kappa shape index (κ2) is 8.84. The molecule has 164 valence electrons. The van der Waals surface area contributed by atoms with Gasteiger partial charge in [0.25, 0.3) is 0 Å². The lowest BCUT2D eigenvalue weighted by Crippen LogP contribution is -2.63. The van der Waals surface area contributed by atoms with E-state index in [9.17, 15) is 34.3 Å². The molecule has 30 heavy (non-hydrogen) atoms. The first-order chi connectivity index (χ1) is 14.1. The summed E-state index contributed by atoms with van der Waals surface area (Å²) in [6.07, 6.45) is -6.50. The quantitative estimate of drug-likeness (QED) is 0.477. The van der Waals surface area contributed by atoms with Crippen LogP contribution in [0.1, 0.15) is 29.2 Å². The summed E-state index contributed by atoms with van der Waals surface area (Å²) < 4.78 is 33.9. The molecule has 5 atom stereocenters. The van der Waals surface area contributed by atoms with E-state index in [0.29, 0.717) is 12.0 Å². The summed E-state index contributed by atoms with van der Waals surface area (Å²) in [5.74, 6) is -4.40. The van der Waals surface area contributed by atoms with Gasteiger partial charge in [0.2, 0.25) is 5.79 Å². The van der Waals surface area contributed by atoms with Crippen LogP contribution in [0.2, 0.25) is 5.02 Å². The van der Waals surface area contributed by atoms with Gasteiger partial charge in [0, 0.05) is 17.0 Å². The van der Waals surface area contributed by atoms with E-state index >= 15 is 0 Å². The van der Waals surface area contributed by atoms with Gasteiger partial charge in [0.05, 0.1) is 6.61 Å². The van der Waals surface area contributed by atoms with Gasteiger partial charge in [-0.1, -0.05) is 36.7 Å². The summed E-state index contributed by atoms with van der Waals surface area (Å²) in [5.41, 5.74) is 0.559. The maximum Gasteiger partial charge on any atom is 0.222 e. The standard InChI is InChI=1S/C21H23ClF2O6/c1-2-10-3-4-11(17(24)16(10)23)7-12-8-13(5-6-14(12)22)21(29)20(28)19(27)18(26)15(9-25)30-21/h3-6,8,15,18-20,25-29H,2,7,9H2,1H3/t15-,18-,19+,20-,21+/m1/s1. The van der Waals surface area contributed by atoms with Crippen molar-refractivity contribution in [3.63, 3.8) is 0 Å². The van der Waals surface area contributed by atoms with Gasteiger partial charge in [0.1, 0.15) is 24.4 Å². The Kier molecular flexibility index (Phi) is 6.78. The van der Waals surface area contributed by atoms with E-state index in [4.69, 9.17) is 16.3 Å². The highest BCUT2D eigenvalue weighted by Crippen LogP contribution is 2.38. The average molecular weight is 445 g/mol.